The predicted molar refractivity (Wildman–Crippen MR) is 226 cm³/mol. The zero-order valence-corrected chi connectivity index (χ0v) is 32.3. The van der Waals surface area contributed by atoms with E-state index in [0.29, 0.717) is 11.8 Å². The second-order valence-corrected chi connectivity index (χ2v) is 18.8. The molecule has 0 aliphatic heterocycles. The first-order valence-corrected chi connectivity index (χ1v) is 20.7. The van der Waals surface area contributed by atoms with Crippen molar-refractivity contribution in [2.24, 2.45) is 23.7 Å². The first-order valence-electron chi connectivity index (χ1n) is 20.7. The van der Waals surface area contributed by atoms with E-state index >= 15 is 0 Å². The van der Waals surface area contributed by atoms with Gasteiger partial charge >= 0.3 is 0 Å². The van der Waals surface area contributed by atoms with Crippen LogP contribution in [0.1, 0.15) is 88.5 Å². The van der Waals surface area contributed by atoms with Gasteiger partial charge in [0.15, 0.2) is 0 Å². The molecule has 6 aliphatic carbocycles. The monoisotopic (exact) mass is 701 g/mol. The Morgan fingerprint density at radius 1 is 0.500 bits per heavy atom. The predicted octanol–water partition coefficient (Wildman–Crippen LogP) is 14.2. The van der Waals surface area contributed by atoms with Gasteiger partial charge in [0, 0.05) is 22.4 Å². The minimum atomic E-state index is 0.0650. The summed E-state index contributed by atoms with van der Waals surface area (Å²) in [6, 6.07) is 53.6. The average Bonchev–Trinajstić information content (AvgIpc) is 3.75. The number of rotatable bonds is 5. The molecule has 54 heavy (non-hydrogen) atoms. The minimum absolute atomic E-state index is 0.0650. The molecule has 5 atom stereocenters. The normalized spacial score (nSPS) is 26.1. The summed E-state index contributed by atoms with van der Waals surface area (Å²) in [4.78, 5) is 2.63. The van der Waals surface area contributed by atoms with E-state index in [1.54, 1.807) is 11.1 Å². The number of benzene rings is 6. The van der Waals surface area contributed by atoms with Crippen molar-refractivity contribution in [2.75, 3.05) is 4.90 Å². The third-order valence-corrected chi connectivity index (χ3v) is 15.1. The second-order valence-electron chi connectivity index (χ2n) is 18.8. The van der Waals surface area contributed by atoms with Gasteiger partial charge in [0.1, 0.15) is 0 Å². The maximum atomic E-state index is 2.63. The van der Waals surface area contributed by atoms with Crippen LogP contribution in [0.2, 0.25) is 0 Å². The lowest BCUT2D eigenvalue weighted by Gasteiger charge is -2.45. The molecular formula is C53H51N. The van der Waals surface area contributed by atoms with E-state index in [-0.39, 0.29) is 16.2 Å². The Balaban J connectivity index is 1.20. The highest BCUT2D eigenvalue weighted by Crippen LogP contribution is 2.74. The van der Waals surface area contributed by atoms with Gasteiger partial charge in [-0.2, -0.15) is 0 Å². The zero-order valence-electron chi connectivity index (χ0n) is 32.3. The molecule has 6 aromatic rings. The summed E-state index contributed by atoms with van der Waals surface area (Å²) in [6.45, 7) is 9.80. The summed E-state index contributed by atoms with van der Waals surface area (Å²) in [5.41, 5.74) is 18.6. The Hall–Kier alpha value is -4.88. The number of fused-ring (bicyclic) bond motifs is 4. The molecule has 0 radical (unpaired) electrons. The molecule has 4 saturated carbocycles. The van der Waals surface area contributed by atoms with Crippen molar-refractivity contribution in [1.29, 1.82) is 0 Å². The highest BCUT2D eigenvalue weighted by atomic mass is 15.1. The first-order chi connectivity index (χ1) is 26.2. The van der Waals surface area contributed by atoms with Crippen molar-refractivity contribution in [3.05, 3.63) is 162 Å². The standard InChI is InChI=1S/C53H51N/c1-51(2)27-28-52(3,4)47-33-41(23-25-45(47)51)54(40-21-19-36(20-22-40)35-13-7-5-8-14-35)48-26-24-42(37-15-9-6-10-16-37)50-49(48)43-17-11-12-18-44(43)53(50)39-30-34-29-38(32-39)46(53)31-34/h5-26,33-34,38-39,46H,27-32H2,1-4H3. The number of hydrogen-bond acceptors (Lipinski definition) is 1. The van der Waals surface area contributed by atoms with Gasteiger partial charge in [-0.3, -0.25) is 0 Å². The van der Waals surface area contributed by atoms with E-state index in [1.807, 2.05) is 0 Å². The molecule has 268 valence electrons. The van der Waals surface area contributed by atoms with Crippen LogP contribution in [-0.4, -0.2) is 0 Å². The molecule has 0 aromatic heterocycles. The molecule has 6 aromatic carbocycles. The van der Waals surface area contributed by atoms with E-state index in [1.165, 1.54) is 100 Å². The highest BCUT2D eigenvalue weighted by Gasteiger charge is 2.66. The van der Waals surface area contributed by atoms with E-state index < -0.39 is 0 Å². The first kappa shape index (κ1) is 32.5. The van der Waals surface area contributed by atoms with Gasteiger partial charge in [0.05, 0.1) is 5.69 Å². The smallest absolute Gasteiger partial charge is 0.0543 e. The van der Waals surface area contributed by atoms with Crippen LogP contribution in [0.15, 0.2) is 140 Å². The van der Waals surface area contributed by atoms with E-state index in [4.69, 9.17) is 0 Å². The molecule has 1 heteroatoms. The third kappa shape index (κ3) is 4.51. The Bertz CT molecular complexity index is 2410. The lowest BCUT2D eigenvalue weighted by atomic mass is 9.58. The van der Waals surface area contributed by atoms with Crippen molar-refractivity contribution in [1.82, 2.24) is 0 Å². The maximum Gasteiger partial charge on any atom is 0.0543 e. The highest BCUT2D eigenvalue weighted by molar-refractivity contribution is 5.99. The lowest BCUT2D eigenvalue weighted by molar-refractivity contribution is 0.191. The zero-order chi connectivity index (χ0) is 36.4. The molecule has 1 nitrogen and oxygen atoms in total. The Labute approximate surface area is 322 Å². The number of hydrogen-bond donors (Lipinski definition) is 0. The van der Waals surface area contributed by atoms with Crippen LogP contribution in [-0.2, 0) is 16.2 Å². The summed E-state index contributed by atoms with van der Waals surface area (Å²) >= 11 is 0. The van der Waals surface area contributed by atoms with Gasteiger partial charge in [-0.05, 0) is 153 Å². The number of nitrogens with zero attached hydrogens (tertiary/aromatic N) is 1. The van der Waals surface area contributed by atoms with E-state index in [0.717, 1.165) is 11.8 Å². The topological polar surface area (TPSA) is 3.24 Å². The van der Waals surface area contributed by atoms with Gasteiger partial charge in [0.25, 0.3) is 0 Å². The molecule has 0 saturated heterocycles. The van der Waals surface area contributed by atoms with Crippen LogP contribution in [0.5, 0.6) is 0 Å². The van der Waals surface area contributed by atoms with Crippen LogP contribution in [0.25, 0.3) is 33.4 Å². The molecular weight excluding hydrogens is 651 g/mol. The Kier molecular flexibility index (Phi) is 6.97. The Morgan fingerprint density at radius 3 is 1.89 bits per heavy atom. The Morgan fingerprint density at radius 2 is 1.15 bits per heavy atom. The molecule has 6 aliphatic rings. The van der Waals surface area contributed by atoms with Crippen molar-refractivity contribution in [3.63, 3.8) is 0 Å². The van der Waals surface area contributed by atoms with Gasteiger partial charge in [-0.1, -0.05) is 137 Å². The fourth-order valence-electron chi connectivity index (χ4n) is 12.7. The van der Waals surface area contributed by atoms with Crippen LogP contribution in [0.4, 0.5) is 17.1 Å². The van der Waals surface area contributed by atoms with Crippen LogP contribution >= 0.6 is 0 Å². The fourth-order valence-corrected chi connectivity index (χ4v) is 12.7. The van der Waals surface area contributed by atoms with E-state index in [9.17, 15) is 0 Å². The van der Waals surface area contributed by atoms with Crippen LogP contribution in [0, 0.1) is 23.7 Å². The molecule has 1 spiro atoms. The van der Waals surface area contributed by atoms with Gasteiger partial charge in [-0.15, -0.1) is 0 Å². The van der Waals surface area contributed by atoms with Crippen molar-refractivity contribution in [3.8, 4) is 33.4 Å². The van der Waals surface area contributed by atoms with Crippen molar-refractivity contribution in [2.45, 2.75) is 82.5 Å². The lowest BCUT2D eigenvalue weighted by Crippen LogP contribution is -2.40. The second kappa shape index (κ2) is 11.6. The summed E-state index contributed by atoms with van der Waals surface area (Å²) in [5.74, 6) is 3.16. The summed E-state index contributed by atoms with van der Waals surface area (Å²) in [5, 5.41) is 0. The SMILES string of the molecule is CC1(C)CCC(C)(C)c2cc(N(c3ccc(-c4ccccc4)cc3)c3ccc(-c4ccccc4)c4c3-c3ccccc3C43C4CC5CC(C4)C3C5)ccc21. The minimum Gasteiger partial charge on any atom is -0.310 e. The van der Waals surface area contributed by atoms with Crippen molar-refractivity contribution < 1.29 is 0 Å². The molecule has 0 heterocycles. The third-order valence-electron chi connectivity index (χ3n) is 15.1. The summed E-state index contributed by atoms with van der Waals surface area (Å²) < 4.78 is 0. The number of anilines is 3. The molecule has 4 fully saturated rings. The molecule has 0 N–H and O–H groups in total. The van der Waals surface area contributed by atoms with Gasteiger partial charge in [0.2, 0.25) is 0 Å². The molecule has 5 unspecified atom stereocenters. The summed E-state index contributed by atoms with van der Waals surface area (Å²) in [7, 11) is 0. The quantitative estimate of drug-likeness (QED) is 0.173. The fraction of sp³-hybridized carbons (Fsp3) is 0.321. The molecule has 12 rings (SSSR count). The van der Waals surface area contributed by atoms with E-state index in [2.05, 4.69) is 172 Å². The summed E-state index contributed by atoms with van der Waals surface area (Å²) in [6.07, 6.45) is 7.99. The van der Waals surface area contributed by atoms with Crippen molar-refractivity contribution >= 4 is 17.1 Å². The van der Waals surface area contributed by atoms with Gasteiger partial charge < -0.3 is 4.90 Å². The van der Waals surface area contributed by atoms with Crippen LogP contribution < -0.4 is 4.90 Å². The van der Waals surface area contributed by atoms with Crippen LogP contribution in [0.3, 0.4) is 0 Å². The average molecular weight is 702 g/mol. The maximum absolute atomic E-state index is 2.63. The molecule has 0 amide bonds. The molecule has 4 bridgehead atoms. The van der Waals surface area contributed by atoms with Gasteiger partial charge in [-0.25, -0.2) is 0 Å². The largest absolute Gasteiger partial charge is 0.310 e.